The molecule has 0 aliphatic carbocycles. The minimum atomic E-state index is -1.18. The second kappa shape index (κ2) is 6.10. The van der Waals surface area contributed by atoms with Crippen molar-refractivity contribution in [2.24, 2.45) is 0 Å². The van der Waals surface area contributed by atoms with Gasteiger partial charge in [-0.1, -0.05) is 36.4 Å². The molecule has 3 nitrogen and oxygen atoms in total. The Labute approximate surface area is 125 Å². The largest absolute Gasteiger partial charge is 0.385 e. The van der Waals surface area contributed by atoms with Gasteiger partial charge in [-0.2, -0.15) is 0 Å². The van der Waals surface area contributed by atoms with Crippen molar-refractivity contribution < 1.29 is 9.90 Å². The predicted octanol–water partition coefficient (Wildman–Crippen LogP) is 3.54. The van der Waals surface area contributed by atoms with E-state index in [9.17, 15) is 9.90 Å². The first kappa shape index (κ1) is 15.3. The summed E-state index contributed by atoms with van der Waals surface area (Å²) in [4.78, 5) is 12.1. The monoisotopic (exact) mass is 283 g/mol. The number of hydrogen-bond donors (Lipinski definition) is 2. The number of carbonyl (C=O) groups is 1. The van der Waals surface area contributed by atoms with E-state index >= 15 is 0 Å². The van der Waals surface area contributed by atoms with Gasteiger partial charge in [-0.3, -0.25) is 4.79 Å². The van der Waals surface area contributed by atoms with Gasteiger partial charge in [0.1, 0.15) is 0 Å². The number of rotatable bonds is 4. The van der Waals surface area contributed by atoms with Crippen molar-refractivity contribution in [1.82, 2.24) is 0 Å². The fraction of sp³-hybridized carbons (Fsp3) is 0.278. The van der Waals surface area contributed by atoms with Crippen LogP contribution in [-0.2, 0) is 10.4 Å². The zero-order valence-corrected chi connectivity index (χ0v) is 12.7. The molecule has 0 bridgehead atoms. The summed E-state index contributed by atoms with van der Waals surface area (Å²) < 4.78 is 0. The zero-order chi connectivity index (χ0) is 15.5. The Morgan fingerprint density at radius 3 is 2.38 bits per heavy atom. The Morgan fingerprint density at radius 2 is 1.76 bits per heavy atom. The number of anilines is 1. The molecular formula is C18H21NO2. The number of hydrogen-bond acceptors (Lipinski definition) is 2. The van der Waals surface area contributed by atoms with E-state index in [4.69, 9.17) is 0 Å². The van der Waals surface area contributed by atoms with Crippen molar-refractivity contribution in [3.05, 3.63) is 65.2 Å². The van der Waals surface area contributed by atoms with E-state index in [1.165, 1.54) is 5.56 Å². The Kier molecular flexibility index (Phi) is 4.43. The molecule has 1 amide bonds. The van der Waals surface area contributed by atoms with Crippen LogP contribution in [0.15, 0.2) is 48.5 Å². The number of nitrogens with one attached hydrogen (secondary N) is 1. The summed E-state index contributed by atoms with van der Waals surface area (Å²) in [6, 6.07) is 15.0. The fourth-order valence-electron chi connectivity index (χ4n) is 2.24. The normalized spacial score (nSPS) is 13.5. The SMILES string of the molecule is Cc1ccc(NC(=O)CC(C)(O)c2ccccc2)cc1C. The second-order valence-electron chi connectivity index (χ2n) is 5.66. The highest BCUT2D eigenvalue weighted by Gasteiger charge is 2.26. The first-order chi connectivity index (χ1) is 9.88. The molecule has 110 valence electrons. The Bertz CT molecular complexity index is 633. The molecule has 21 heavy (non-hydrogen) atoms. The zero-order valence-electron chi connectivity index (χ0n) is 12.7. The summed E-state index contributed by atoms with van der Waals surface area (Å²) in [5, 5.41) is 13.3. The van der Waals surface area contributed by atoms with E-state index in [1.807, 2.05) is 62.4 Å². The van der Waals surface area contributed by atoms with Crippen LogP contribution in [0, 0.1) is 13.8 Å². The molecule has 1 atom stereocenters. The van der Waals surface area contributed by atoms with Gasteiger partial charge in [0.25, 0.3) is 0 Å². The highest BCUT2D eigenvalue weighted by atomic mass is 16.3. The van der Waals surface area contributed by atoms with Gasteiger partial charge in [0.2, 0.25) is 5.91 Å². The average Bonchev–Trinajstić information content (AvgIpc) is 2.43. The first-order valence-electron chi connectivity index (χ1n) is 7.03. The molecule has 0 saturated carbocycles. The van der Waals surface area contributed by atoms with Gasteiger partial charge in [0.05, 0.1) is 12.0 Å². The van der Waals surface area contributed by atoms with Crippen LogP contribution in [0.3, 0.4) is 0 Å². The lowest BCUT2D eigenvalue weighted by atomic mass is 9.92. The predicted molar refractivity (Wildman–Crippen MR) is 85.2 cm³/mol. The van der Waals surface area contributed by atoms with Crippen molar-refractivity contribution in [2.75, 3.05) is 5.32 Å². The highest BCUT2D eigenvalue weighted by molar-refractivity contribution is 5.91. The maximum Gasteiger partial charge on any atom is 0.227 e. The molecule has 0 aliphatic heterocycles. The molecule has 3 heteroatoms. The third-order valence-corrected chi connectivity index (χ3v) is 3.69. The van der Waals surface area contributed by atoms with Crippen LogP contribution in [0.4, 0.5) is 5.69 Å². The number of benzene rings is 2. The molecule has 0 aromatic heterocycles. The van der Waals surface area contributed by atoms with Gasteiger partial charge < -0.3 is 10.4 Å². The summed E-state index contributed by atoms with van der Waals surface area (Å²) in [6.07, 6.45) is 0.0178. The molecule has 2 aromatic carbocycles. The molecule has 0 saturated heterocycles. The Morgan fingerprint density at radius 1 is 1.10 bits per heavy atom. The molecule has 0 aliphatic rings. The molecular weight excluding hydrogens is 262 g/mol. The summed E-state index contributed by atoms with van der Waals surface area (Å²) in [7, 11) is 0. The van der Waals surface area contributed by atoms with Crippen LogP contribution in [0.25, 0.3) is 0 Å². The van der Waals surface area contributed by atoms with Gasteiger partial charge in [-0.15, -0.1) is 0 Å². The first-order valence-corrected chi connectivity index (χ1v) is 7.03. The van der Waals surface area contributed by atoms with Crippen molar-refractivity contribution in [3.63, 3.8) is 0 Å². The van der Waals surface area contributed by atoms with Crippen LogP contribution in [0.1, 0.15) is 30.0 Å². The minimum absolute atomic E-state index is 0.0178. The highest BCUT2D eigenvalue weighted by Crippen LogP contribution is 2.25. The van der Waals surface area contributed by atoms with E-state index in [1.54, 1.807) is 6.92 Å². The summed E-state index contributed by atoms with van der Waals surface area (Å²) >= 11 is 0. The van der Waals surface area contributed by atoms with E-state index < -0.39 is 5.60 Å². The van der Waals surface area contributed by atoms with Gasteiger partial charge in [-0.25, -0.2) is 0 Å². The summed E-state index contributed by atoms with van der Waals surface area (Å²) in [6.45, 7) is 5.69. The topological polar surface area (TPSA) is 49.3 Å². The maximum atomic E-state index is 12.1. The standard InChI is InChI=1S/C18H21NO2/c1-13-9-10-16(11-14(13)2)19-17(20)12-18(3,21)15-7-5-4-6-8-15/h4-11,21H,12H2,1-3H3,(H,19,20). The lowest BCUT2D eigenvalue weighted by Gasteiger charge is -2.23. The molecule has 2 aromatic rings. The third-order valence-electron chi connectivity index (χ3n) is 3.69. The Balaban J connectivity index is 2.06. The van der Waals surface area contributed by atoms with Crippen LogP contribution in [0.5, 0.6) is 0 Å². The molecule has 0 radical (unpaired) electrons. The van der Waals surface area contributed by atoms with Crippen LogP contribution in [0.2, 0.25) is 0 Å². The quantitative estimate of drug-likeness (QED) is 0.901. The third kappa shape index (κ3) is 3.92. The second-order valence-corrected chi connectivity index (χ2v) is 5.66. The van der Waals surface area contributed by atoms with Crippen molar-refractivity contribution in [3.8, 4) is 0 Å². The lowest BCUT2D eigenvalue weighted by Crippen LogP contribution is -2.28. The summed E-state index contributed by atoms with van der Waals surface area (Å²) in [5.74, 6) is -0.202. The number of amides is 1. The fourth-order valence-corrected chi connectivity index (χ4v) is 2.24. The Hall–Kier alpha value is -2.13. The van der Waals surface area contributed by atoms with Crippen LogP contribution >= 0.6 is 0 Å². The molecule has 2 N–H and O–H groups in total. The molecule has 0 fully saturated rings. The van der Waals surface area contributed by atoms with Crippen LogP contribution < -0.4 is 5.32 Å². The number of aryl methyl sites for hydroxylation is 2. The smallest absolute Gasteiger partial charge is 0.227 e. The van der Waals surface area contributed by atoms with Crippen molar-refractivity contribution >= 4 is 11.6 Å². The maximum absolute atomic E-state index is 12.1. The molecule has 1 unspecified atom stereocenters. The average molecular weight is 283 g/mol. The van der Waals surface area contributed by atoms with Gasteiger partial charge in [0.15, 0.2) is 0 Å². The summed E-state index contributed by atoms with van der Waals surface area (Å²) in [5.41, 5.74) is 2.63. The molecule has 2 rings (SSSR count). The van der Waals surface area contributed by atoms with E-state index in [0.29, 0.717) is 0 Å². The minimum Gasteiger partial charge on any atom is -0.385 e. The van der Waals surface area contributed by atoms with E-state index in [-0.39, 0.29) is 12.3 Å². The van der Waals surface area contributed by atoms with Crippen LogP contribution in [-0.4, -0.2) is 11.0 Å². The van der Waals surface area contributed by atoms with Gasteiger partial charge >= 0.3 is 0 Å². The number of aliphatic hydroxyl groups is 1. The van der Waals surface area contributed by atoms with Crippen molar-refractivity contribution in [2.45, 2.75) is 32.8 Å². The van der Waals surface area contributed by atoms with Gasteiger partial charge in [0, 0.05) is 5.69 Å². The molecule has 0 heterocycles. The van der Waals surface area contributed by atoms with Crippen molar-refractivity contribution in [1.29, 1.82) is 0 Å². The molecule has 0 spiro atoms. The van der Waals surface area contributed by atoms with E-state index in [2.05, 4.69) is 5.32 Å². The lowest BCUT2D eigenvalue weighted by molar-refractivity contribution is -0.120. The van der Waals surface area contributed by atoms with Gasteiger partial charge in [-0.05, 0) is 49.6 Å². The number of carbonyl (C=O) groups excluding carboxylic acids is 1. The van der Waals surface area contributed by atoms with E-state index in [0.717, 1.165) is 16.8 Å².